The number of carbonyl (C=O) groups is 1. The summed E-state index contributed by atoms with van der Waals surface area (Å²) in [7, 11) is 1.67. The molecule has 17 heavy (non-hydrogen) atoms. The van der Waals surface area contributed by atoms with Crippen molar-refractivity contribution in [2.45, 2.75) is 13.3 Å². The summed E-state index contributed by atoms with van der Waals surface area (Å²) in [6.07, 6.45) is 0.176. The maximum absolute atomic E-state index is 12.0. The molecule has 0 atom stereocenters. The number of benzene rings is 1. The third-order valence-electron chi connectivity index (χ3n) is 2.35. The van der Waals surface area contributed by atoms with Crippen molar-refractivity contribution in [1.82, 2.24) is 20.2 Å². The smallest absolute Gasteiger partial charge is 0.182 e. The van der Waals surface area contributed by atoms with E-state index in [0.717, 1.165) is 10.0 Å². The van der Waals surface area contributed by atoms with Crippen molar-refractivity contribution < 1.29 is 4.79 Å². The number of carbonyl (C=O) groups excluding carboxylic acids is 1. The molecule has 1 aromatic heterocycles. The Kier molecular flexibility index (Phi) is 3.33. The van der Waals surface area contributed by atoms with Crippen LogP contribution < -0.4 is 0 Å². The Balaban J connectivity index is 2.17. The standard InChI is InChI=1S/C11H11BrN4O/c1-7-5-8(3-4-9(7)12)10(17)6-11-13-15-16(2)14-11/h3-5H,6H2,1-2H3. The summed E-state index contributed by atoms with van der Waals surface area (Å²) in [5.41, 5.74) is 1.70. The van der Waals surface area contributed by atoms with Crippen LogP contribution in [0.1, 0.15) is 21.7 Å². The largest absolute Gasteiger partial charge is 0.294 e. The van der Waals surface area contributed by atoms with Crippen LogP contribution in [-0.2, 0) is 13.5 Å². The minimum Gasteiger partial charge on any atom is -0.294 e. The van der Waals surface area contributed by atoms with E-state index in [4.69, 9.17) is 0 Å². The zero-order valence-electron chi connectivity index (χ0n) is 9.51. The van der Waals surface area contributed by atoms with Crippen molar-refractivity contribution in [2.75, 3.05) is 0 Å². The van der Waals surface area contributed by atoms with Gasteiger partial charge in [-0.05, 0) is 29.8 Å². The molecular weight excluding hydrogens is 284 g/mol. The number of hydrogen-bond donors (Lipinski definition) is 0. The van der Waals surface area contributed by atoms with Crippen molar-refractivity contribution in [2.24, 2.45) is 7.05 Å². The summed E-state index contributed by atoms with van der Waals surface area (Å²) in [5, 5.41) is 11.5. The third kappa shape index (κ3) is 2.76. The molecule has 0 fully saturated rings. The van der Waals surface area contributed by atoms with Gasteiger partial charge < -0.3 is 0 Å². The number of ketones is 1. The summed E-state index contributed by atoms with van der Waals surface area (Å²) >= 11 is 3.40. The molecule has 0 saturated heterocycles. The minimum absolute atomic E-state index is 0.00593. The molecule has 6 heteroatoms. The Labute approximate surface area is 107 Å². The minimum atomic E-state index is -0.00593. The van der Waals surface area contributed by atoms with E-state index in [1.807, 2.05) is 19.1 Å². The highest BCUT2D eigenvalue weighted by atomic mass is 79.9. The van der Waals surface area contributed by atoms with Crippen LogP contribution in [-0.4, -0.2) is 26.0 Å². The average molecular weight is 295 g/mol. The molecule has 1 heterocycles. The van der Waals surface area contributed by atoms with Gasteiger partial charge in [-0.15, -0.1) is 10.2 Å². The molecule has 1 aromatic carbocycles. The first-order chi connectivity index (χ1) is 8.06. The van der Waals surface area contributed by atoms with Crippen LogP contribution in [0, 0.1) is 6.92 Å². The van der Waals surface area contributed by atoms with E-state index < -0.39 is 0 Å². The zero-order chi connectivity index (χ0) is 12.4. The molecule has 0 radical (unpaired) electrons. The van der Waals surface area contributed by atoms with Crippen LogP contribution >= 0.6 is 15.9 Å². The molecule has 5 nitrogen and oxygen atoms in total. The number of nitrogens with zero attached hydrogens (tertiary/aromatic N) is 4. The van der Waals surface area contributed by atoms with Gasteiger partial charge in [-0.1, -0.05) is 22.0 Å². The lowest BCUT2D eigenvalue weighted by Gasteiger charge is -2.01. The summed E-state index contributed by atoms with van der Waals surface area (Å²) in [6.45, 7) is 1.95. The van der Waals surface area contributed by atoms with Crippen LogP contribution in [0.5, 0.6) is 0 Å². The molecular formula is C11H11BrN4O. The second kappa shape index (κ2) is 4.75. The van der Waals surface area contributed by atoms with E-state index in [1.165, 1.54) is 4.80 Å². The Morgan fingerprint density at radius 1 is 1.47 bits per heavy atom. The molecule has 2 rings (SSSR count). The molecule has 88 valence electrons. The van der Waals surface area contributed by atoms with Crippen molar-refractivity contribution in [1.29, 1.82) is 0 Å². The number of tetrazole rings is 1. The van der Waals surface area contributed by atoms with Crippen LogP contribution in [0.15, 0.2) is 22.7 Å². The molecule has 0 N–H and O–H groups in total. The van der Waals surface area contributed by atoms with Gasteiger partial charge in [0.25, 0.3) is 0 Å². The second-order valence-electron chi connectivity index (χ2n) is 3.76. The number of halogens is 1. The lowest BCUT2D eigenvalue weighted by atomic mass is 10.1. The fourth-order valence-electron chi connectivity index (χ4n) is 1.46. The summed E-state index contributed by atoms with van der Waals surface area (Å²) in [4.78, 5) is 13.3. The quantitative estimate of drug-likeness (QED) is 0.809. The Morgan fingerprint density at radius 3 is 2.82 bits per heavy atom. The number of hydrogen-bond acceptors (Lipinski definition) is 4. The van der Waals surface area contributed by atoms with Crippen molar-refractivity contribution >= 4 is 21.7 Å². The molecule has 0 aliphatic rings. The van der Waals surface area contributed by atoms with Crippen LogP contribution in [0.2, 0.25) is 0 Å². The number of Topliss-reactive ketones (excluding diaryl/α,β-unsaturated/α-hetero) is 1. The Bertz CT molecular complexity index is 564. The van der Waals surface area contributed by atoms with Gasteiger partial charge in [-0.2, -0.15) is 4.80 Å². The monoisotopic (exact) mass is 294 g/mol. The van der Waals surface area contributed by atoms with Crippen molar-refractivity contribution in [3.05, 3.63) is 39.6 Å². The first-order valence-electron chi connectivity index (χ1n) is 5.08. The second-order valence-corrected chi connectivity index (χ2v) is 4.61. The fraction of sp³-hybridized carbons (Fsp3) is 0.273. The summed E-state index contributed by atoms with van der Waals surface area (Å²) < 4.78 is 0.992. The SMILES string of the molecule is Cc1cc(C(=O)Cc2nnn(C)n2)ccc1Br. The number of aromatic nitrogens is 4. The highest BCUT2D eigenvalue weighted by Crippen LogP contribution is 2.17. The highest BCUT2D eigenvalue weighted by molar-refractivity contribution is 9.10. The van der Waals surface area contributed by atoms with Crippen molar-refractivity contribution in [3.63, 3.8) is 0 Å². The van der Waals surface area contributed by atoms with Gasteiger partial charge in [0.15, 0.2) is 11.6 Å². The molecule has 2 aromatic rings. The molecule has 0 spiro atoms. The van der Waals surface area contributed by atoms with Crippen molar-refractivity contribution in [3.8, 4) is 0 Å². The van der Waals surface area contributed by atoms with Gasteiger partial charge >= 0.3 is 0 Å². The third-order valence-corrected chi connectivity index (χ3v) is 3.24. The zero-order valence-corrected chi connectivity index (χ0v) is 11.1. The van der Waals surface area contributed by atoms with E-state index in [0.29, 0.717) is 11.4 Å². The Morgan fingerprint density at radius 2 is 2.24 bits per heavy atom. The van der Waals surface area contributed by atoms with E-state index in [2.05, 4.69) is 31.3 Å². The van der Waals surface area contributed by atoms with E-state index >= 15 is 0 Å². The van der Waals surface area contributed by atoms with Gasteiger partial charge in [0, 0.05) is 10.0 Å². The molecule has 0 aliphatic heterocycles. The predicted molar refractivity (Wildman–Crippen MR) is 65.7 cm³/mol. The van der Waals surface area contributed by atoms with Gasteiger partial charge in [0.2, 0.25) is 0 Å². The topological polar surface area (TPSA) is 60.7 Å². The lowest BCUT2D eigenvalue weighted by molar-refractivity contribution is 0.0990. The number of aryl methyl sites for hydroxylation is 2. The van der Waals surface area contributed by atoms with Gasteiger partial charge in [0.05, 0.1) is 13.5 Å². The molecule has 0 unspecified atom stereocenters. The van der Waals surface area contributed by atoms with E-state index in [-0.39, 0.29) is 12.2 Å². The highest BCUT2D eigenvalue weighted by Gasteiger charge is 2.11. The van der Waals surface area contributed by atoms with Crippen LogP contribution in [0.3, 0.4) is 0 Å². The average Bonchev–Trinajstić information content (AvgIpc) is 2.68. The van der Waals surface area contributed by atoms with E-state index in [1.54, 1.807) is 13.1 Å². The van der Waals surface area contributed by atoms with Gasteiger partial charge in [-0.3, -0.25) is 4.79 Å². The molecule has 0 bridgehead atoms. The summed E-state index contributed by atoms with van der Waals surface area (Å²) in [5.74, 6) is 0.437. The lowest BCUT2D eigenvalue weighted by Crippen LogP contribution is -2.06. The molecule has 0 aliphatic carbocycles. The summed E-state index contributed by atoms with van der Waals surface area (Å²) in [6, 6.07) is 5.51. The first-order valence-corrected chi connectivity index (χ1v) is 5.88. The molecule has 0 saturated carbocycles. The van der Waals surface area contributed by atoms with E-state index in [9.17, 15) is 4.79 Å². The number of rotatable bonds is 3. The van der Waals surface area contributed by atoms with Crippen LogP contribution in [0.25, 0.3) is 0 Å². The first kappa shape index (κ1) is 11.9. The van der Waals surface area contributed by atoms with Gasteiger partial charge in [-0.25, -0.2) is 0 Å². The van der Waals surface area contributed by atoms with Crippen LogP contribution in [0.4, 0.5) is 0 Å². The maximum Gasteiger partial charge on any atom is 0.182 e. The Hall–Kier alpha value is -1.56. The predicted octanol–water partition coefficient (Wildman–Crippen LogP) is 1.71. The molecule has 0 amide bonds. The maximum atomic E-state index is 12.0. The normalized spacial score (nSPS) is 10.5. The van der Waals surface area contributed by atoms with Gasteiger partial charge in [0.1, 0.15) is 0 Å². The fourth-order valence-corrected chi connectivity index (χ4v) is 1.70.